The molecule has 4 heteroatoms. The van der Waals surface area contributed by atoms with Crippen molar-refractivity contribution in [3.8, 4) is 21.9 Å². The van der Waals surface area contributed by atoms with E-state index in [1.807, 2.05) is 12.1 Å². The van der Waals surface area contributed by atoms with Gasteiger partial charge in [-0.3, -0.25) is 0 Å². The summed E-state index contributed by atoms with van der Waals surface area (Å²) in [5.41, 5.74) is 8.95. The molecule has 18 heavy (non-hydrogen) atoms. The van der Waals surface area contributed by atoms with Crippen LogP contribution in [0.2, 0.25) is 0 Å². The normalized spacial score (nSPS) is 14.3. The molecule has 0 radical (unpaired) electrons. The van der Waals surface area contributed by atoms with Crippen molar-refractivity contribution in [3.05, 3.63) is 29.1 Å². The maximum Gasteiger partial charge on any atom is 0.169 e. The molecule has 0 bridgehead atoms. The smallest absolute Gasteiger partial charge is 0.169 e. The Morgan fingerprint density at radius 3 is 2.83 bits per heavy atom. The molecule has 1 aromatic heterocycles. The van der Waals surface area contributed by atoms with Crippen molar-refractivity contribution in [2.24, 2.45) is 0 Å². The Hall–Kier alpha value is -1.68. The average molecular weight is 261 g/mol. The Balaban J connectivity index is 2.19. The number of ether oxygens (including phenoxy) is 2. The highest BCUT2D eigenvalue weighted by atomic mass is 32.1. The number of rotatable bonds is 1. The fraction of sp³-hybridized carbons (Fsp3) is 0.286. The van der Waals surface area contributed by atoms with Crippen molar-refractivity contribution in [2.75, 3.05) is 18.9 Å². The van der Waals surface area contributed by atoms with E-state index in [1.165, 1.54) is 10.4 Å². The molecule has 0 saturated heterocycles. The number of nitrogen functional groups attached to an aromatic ring is 1. The fourth-order valence-electron chi connectivity index (χ4n) is 2.11. The molecule has 0 amide bonds. The summed E-state index contributed by atoms with van der Waals surface area (Å²) in [5.74, 6) is 1.59. The lowest BCUT2D eigenvalue weighted by molar-refractivity contribution is 0.297. The number of nitrogens with two attached hydrogens (primary N) is 1. The van der Waals surface area contributed by atoms with Gasteiger partial charge in [0.2, 0.25) is 0 Å². The molecular formula is C14H15NO2S. The second-order valence-corrected chi connectivity index (χ2v) is 5.30. The molecule has 2 aromatic rings. The molecule has 1 aliphatic rings. The number of anilines is 1. The third-order valence-electron chi connectivity index (χ3n) is 2.98. The summed E-state index contributed by atoms with van der Waals surface area (Å²) >= 11 is 1.70. The van der Waals surface area contributed by atoms with Crippen molar-refractivity contribution in [1.29, 1.82) is 0 Å². The maximum atomic E-state index is 5.96. The van der Waals surface area contributed by atoms with E-state index in [9.17, 15) is 0 Å². The van der Waals surface area contributed by atoms with E-state index in [-0.39, 0.29) is 0 Å². The molecule has 94 valence electrons. The van der Waals surface area contributed by atoms with Gasteiger partial charge < -0.3 is 15.2 Å². The number of fused-ring (bicyclic) bond motifs is 1. The lowest BCUT2D eigenvalue weighted by Gasteiger charge is -2.13. The van der Waals surface area contributed by atoms with Gasteiger partial charge in [-0.25, -0.2) is 0 Å². The van der Waals surface area contributed by atoms with Crippen molar-refractivity contribution in [3.63, 3.8) is 0 Å². The van der Waals surface area contributed by atoms with E-state index in [4.69, 9.17) is 15.2 Å². The minimum absolute atomic E-state index is 0.680. The summed E-state index contributed by atoms with van der Waals surface area (Å²) in [4.78, 5) is 1.20. The first-order valence-electron chi connectivity index (χ1n) is 5.99. The highest BCUT2D eigenvalue weighted by Crippen LogP contribution is 2.44. The van der Waals surface area contributed by atoms with Gasteiger partial charge in [-0.05, 0) is 30.0 Å². The minimum atomic E-state index is 0.680. The molecule has 2 N–H and O–H groups in total. The van der Waals surface area contributed by atoms with E-state index in [0.717, 1.165) is 23.5 Å². The van der Waals surface area contributed by atoms with Gasteiger partial charge in [0.15, 0.2) is 11.5 Å². The fourth-order valence-corrected chi connectivity index (χ4v) is 3.05. The molecule has 0 fully saturated rings. The second kappa shape index (κ2) is 4.53. The predicted octanol–water partition coefficient (Wildman–Crippen LogP) is 3.47. The van der Waals surface area contributed by atoms with Crippen molar-refractivity contribution < 1.29 is 9.47 Å². The third-order valence-corrected chi connectivity index (χ3v) is 4.03. The van der Waals surface area contributed by atoms with Crippen molar-refractivity contribution >= 4 is 17.0 Å². The summed E-state index contributed by atoms with van der Waals surface area (Å²) < 4.78 is 11.5. The number of aryl methyl sites for hydroxylation is 1. The Bertz CT molecular complexity index is 577. The lowest BCUT2D eigenvalue weighted by atomic mass is 10.1. The molecule has 0 saturated carbocycles. The van der Waals surface area contributed by atoms with E-state index in [2.05, 4.69) is 18.4 Å². The standard InChI is InChI=1S/C14H15NO2S/c1-9-3-6-18-14(9)11-7-10(15)8-12-13(11)17-5-2-4-16-12/h3,6-8H,2,4-5,15H2,1H3. The summed E-state index contributed by atoms with van der Waals surface area (Å²) in [6, 6.07) is 5.91. The van der Waals surface area contributed by atoms with E-state index in [0.29, 0.717) is 18.9 Å². The topological polar surface area (TPSA) is 44.5 Å². The molecule has 0 atom stereocenters. The van der Waals surface area contributed by atoms with Crippen LogP contribution in [0.1, 0.15) is 12.0 Å². The van der Waals surface area contributed by atoms with E-state index >= 15 is 0 Å². The highest BCUT2D eigenvalue weighted by molar-refractivity contribution is 7.13. The zero-order valence-corrected chi connectivity index (χ0v) is 11.0. The SMILES string of the molecule is Cc1ccsc1-c1cc(N)cc2c1OCCCO2. The molecule has 0 unspecified atom stereocenters. The summed E-state index contributed by atoms with van der Waals surface area (Å²) in [7, 11) is 0. The zero-order chi connectivity index (χ0) is 12.5. The summed E-state index contributed by atoms with van der Waals surface area (Å²) in [6.07, 6.45) is 0.900. The lowest BCUT2D eigenvalue weighted by Crippen LogP contribution is -1.98. The summed E-state index contributed by atoms with van der Waals surface area (Å²) in [6.45, 7) is 3.46. The minimum Gasteiger partial charge on any atom is -0.489 e. The van der Waals surface area contributed by atoms with Crippen LogP contribution in [-0.2, 0) is 0 Å². The molecule has 3 rings (SSSR count). The van der Waals surface area contributed by atoms with Gasteiger partial charge in [0, 0.05) is 28.6 Å². The number of hydrogen-bond donors (Lipinski definition) is 1. The van der Waals surface area contributed by atoms with Crippen LogP contribution in [-0.4, -0.2) is 13.2 Å². The Labute approximate surface area is 110 Å². The maximum absolute atomic E-state index is 5.96. The first-order valence-corrected chi connectivity index (χ1v) is 6.87. The molecule has 0 aliphatic carbocycles. The number of thiophene rings is 1. The van der Waals surface area contributed by atoms with Crippen molar-refractivity contribution in [2.45, 2.75) is 13.3 Å². The average Bonchev–Trinajstić information content (AvgIpc) is 2.62. The first-order chi connectivity index (χ1) is 8.75. The second-order valence-electron chi connectivity index (χ2n) is 4.38. The predicted molar refractivity (Wildman–Crippen MR) is 74.5 cm³/mol. The van der Waals surface area contributed by atoms with Gasteiger partial charge in [-0.15, -0.1) is 11.3 Å². The van der Waals surface area contributed by atoms with Crippen LogP contribution in [0.4, 0.5) is 5.69 Å². The van der Waals surface area contributed by atoms with Crippen LogP contribution in [0, 0.1) is 6.92 Å². The Morgan fingerprint density at radius 2 is 2.06 bits per heavy atom. The Kier molecular flexibility index (Phi) is 2.88. The molecule has 2 heterocycles. The van der Waals surface area contributed by atoms with E-state index < -0.39 is 0 Å². The van der Waals surface area contributed by atoms with Crippen LogP contribution in [0.25, 0.3) is 10.4 Å². The number of hydrogen-bond acceptors (Lipinski definition) is 4. The van der Waals surface area contributed by atoms with Gasteiger partial charge in [0.05, 0.1) is 13.2 Å². The third kappa shape index (κ3) is 1.93. The molecular weight excluding hydrogens is 246 g/mol. The largest absolute Gasteiger partial charge is 0.489 e. The van der Waals surface area contributed by atoms with Gasteiger partial charge in [-0.2, -0.15) is 0 Å². The molecule has 3 nitrogen and oxygen atoms in total. The van der Waals surface area contributed by atoms with Gasteiger partial charge in [0.1, 0.15) is 0 Å². The van der Waals surface area contributed by atoms with Crippen molar-refractivity contribution in [1.82, 2.24) is 0 Å². The van der Waals surface area contributed by atoms with Crippen LogP contribution >= 0.6 is 11.3 Å². The van der Waals surface area contributed by atoms with Crippen LogP contribution in [0.15, 0.2) is 23.6 Å². The van der Waals surface area contributed by atoms with Crippen LogP contribution in [0.3, 0.4) is 0 Å². The van der Waals surface area contributed by atoms with Gasteiger partial charge in [0.25, 0.3) is 0 Å². The monoisotopic (exact) mass is 261 g/mol. The van der Waals surface area contributed by atoms with Gasteiger partial charge in [-0.1, -0.05) is 0 Å². The molecule has 1 aromatic carbocycles. The summed E-state index contributed by atoms with van der Waals surface area (Å²) in [5, 5.41) is 2.08. The number of benzene rings is 1. The molecule has 1 aliphatic heterocycles. The quantitative estimate of drug-likeness (QED) is 0.799. The first kappa shape index (κ1) is 11.4. The van der Waals surface area contributed by atoms with Gasteiger partial charge >= 0.3 is 0 Å². The van der Waals surface area contributed by atoms with E-state index in [1.54, 1.807) is 11.3 Å². The Morgan fingerprint density at radius 1 is 1.22 bits per heavy atom. The van der Waals surface area contributed by atoms with Crippen LogP contribution < -0.4 is 15.2 Å². The molecule has 0 spiro atoms. The zero-order valence-electron chi connectivity index (χ0n) is 10.2. The van der Waals surface area contributed by atoms with Crippen LogP contribution in [0.5, 0.6) is 11.5 Å². The highest BCUT2D eigenvalue weighted by Gasteiger charge is 2.18.